The van der Waals surface area contributed by atoms with Crippen LogP contribution in [0.15, 0.2) is 4.90 Å². The van der Waals surface area contributed by atoms with Gasteiger partial charge in [0.15, 0.2) is 0 Å². The van der Waals surface area contributed by atoms with E-state index in [1.807, 2.05) is 6.92 Å². The molecule has 0 aromatic carbocycles. The number of aliphatic hydroxyl groups is 1. The second-order valence-corrected chi connectivity index (χ2v) is 6.76. The third kappa shape index (κ3) is 2.54. The van der Waals surface area contributed by atoms with Crippen LogP contribution < -0.4 is 0 Å². The monoisotopic (exact) mass is 287 g/mol. The van der Waals surface area contributed by atoms with E-state index in [-0.39, 0.29) is 23.2 Å². The van der Waals surface area contributed by atoms with Crippen LogP contribution in [0.1, 0.15) is 44.0 Å². The van der Waals surface area contributed by atoms with E-state index in [0.29, 0.717) is 12.2 Å². The largest absolute Gasteiger partial charge is 0.390 e. The highest BCUT2D eigenvalue weighted by Crippen LogP contribution is 2.30. The Balaban J connectivity index is 2.42. The smallest absolute Gasteiger partial charge is 0.247 e. The summed E-state index contributed by atoms with van der Waals surface area (Å²) in [6, 6.07) is 0.0795. The number of nitrogens with zero attached hydrogens (tertiary/aromatic N) is 2. The number of aromatic nitrogens is 2. The zero-order valence-electron chi connectivity index (χ0n) is 11.4. The lowest BCUT2D eigenvalue weighted by molar-refractivity contribution is 0.272. The molecule has 1 heterocycles. The lowest BCUT2D eigenvalue weighted by Crippen LogP contribution is -2.39. The molecule has 7 heteroatoms. The molecule has 2 N–H and O–H groups in total. The molecule has 1 aromatic rings. The van der Waals surface area contributed by atoms with Crippen molar-refractivity contribution in [1.29, 1.82) is 0 Å². The fourth-order valence-electron chi connectivity index (χ4n) is 2.85. The van der Waals surface area contributed by atoms with E-state index in [4.69, 9.17) is 0 Å². The molecule has 1 fully saturated rings. The Morgan fingerprint density at radius 3 is 2.58 bits per heavy atom. The van der Waals surface area contributed by atoms with Gasteiger partial charge in [-0.15, -0.1) is 0 Å². The Hall–Kier alpha value is -0.920. The van der Waals surface area contributed by atoms with Crippen molar-refractivity contribution in [1.82, 2.24) is 14.5 Å². The standard InChI is InChI=1S/C12H21N3O3S/c1-3-15(10-6-4-5-7-10)19(17,18)12-9(2)13-14-11(12)8-16/h10,16H,3-8H2,1-2H3,(H,13,14). The topological polar surface area (TPSA) is 86.3 Å². The minimum Gasteiger partial charge on any atom is -0.390 e. The van der Waals surface area contributed by atoms with Crippen molar-refractivity contribution in [2.24, 2.45) is 0 Å². The van der Waals surface area contributed by atoms with Crippen molar-refractivity contribution >= 4 is 10.0 Å². The van der Waals surface area contributed by atoms with E-state index >= 15 is 0 Å². The number of aliphatic hydroxyl groups excluding tert-OH is 1. The van der Waals surface area contributed by atoms with Crippen molar-refractivity contribution in [2.45, 2.75) is 57.1 Å². The first-order valence-corrected chi connectivity index (χ1v) is 8.13. The van der Waals surface area contributed by atoms with Gasteiger partial charge in [-0.05, 0) is 19.8 Å². The fourth-order valence-corrected chi connectivity index (χ4v) is 4.87. The molecule has 108 valence electrons. The molecule has 1 aromatic heterocycles. The van der Waals surface area contributed by atoms with Gasteiger partial charge in [0.05, 0.1) is 12.3 Å². The van der Waals surface area contributed by atoms with E-state index < -0.39 is 10.0 Å². The van der Waals surface area contributed by atoms with Crippen molar-refractivity contribution in [2.75, 3.05) is 6.54 Å². The van der Waals surface area contributed by atoms with Gasteiger partial charge in [0.2, 0.25) is 10.0 Å². The van der Waals surface area contributed by atoms with Crippen LogP contribution in [0.3, 0.4) is 0 Å². The lowest BCUT2D eigenvalue weighted by Gasteiger charge is -2.26. The maximum absolute atomic E-state index is 12.8. The van der Waals surface area contributed by atoms with Crippen LogP contribution >= 0.6 is 0 Å². The Kier molecular flexibility index (Phi) is 4.27. The lowest BCUT2D eigenvalue weighted by atomic mass is 10.2. The fraction of sp³-hybridized carbons (Fsp3) is 0.750. The number of H-pyrrole nitrogens is 1. The third-order valence-electron chi connectivity index (χ3n) is 3.72. The Morgan fingerprint density at radius 1 is 1.42 bits per heavy atom. The zero-order valence-corrected chi connectivity index (χ0v) is 12.2. The van der Waals surface area contributed by atoms with Crippen molar-refractivity contribution in [3.63, 3.8) is 0 Å². The van der Waals surface area contributed by atoms with Crippen LogP contribution in [0.4, 0.5) is 0 Å². The second-order valence-electron chi connectivity index (χ2n) is 4.93. The number of sulfonamides is 1. The average molecular weight is 287 g/mol. The maximum Gasteiger partial charge on any atom is 0.247 e. The van der Waals surface area contributed by atoms with Crippen LogP contribution in [0.25, 0.3) is 0 Å². The summed E-state index contributed by atoms with van der Waals surface area (Å²) >= 11 is 0. The molecule has 1 aliphatic carbocycles. The van der Waals surface area contributed by atoms with Gasteiger partial charge in [0.1, 0.15) is 10.6 Å². The molecule has 0 aliphatic heterocycles. The minimum atomic E-state index is -3.59. The zero-order chi connectivity index (χ0) is 14.0. The predicted octanol–water partition coefficient (Wildman–Crippen LogP) is 1.16. The number of hydrogen-bond acceptors (Lipinski definition) is 4. The molecule has 6 nitrogen and oxygen atoms in total. The van der Waals surface area contributed by atoms with Crippen molar-refractivity contribution in [3.8, 4) is 0 Å². The molecular weight excluding hydrogens is 266 g/mol. The SMILES string of the molecule is CCN(C1CCCC1)S(=O)(=O)c1c(CO)n[nH]c1C. The molecule has 0 saturated heterocycles. The number of hydrogen-bond donors (Lipinski definition) is 2. The molecule has 0 amide bonds. The van der Waals surface area contributed by atoms with Gasteiger partial charge in [0, 0.05) is 12.6 Å². The minimum absolute atomic E-state index is 0.0795. The average Bonchev–Trinajstić information content (AvgIpc) is 2.99. The predicted molar refractivity (Wildman–Crippen MR) is 71.1 cm³/mol. The molecule has 0 radical (unpaired) electrons. The van der Waals surface area contributed by atoms with Gasteiger partial charge in [-0.3, -0.25) is 5.10 Å². The van der Waals surface area contributed by atoms with Crippen LogP contribution in [-0.2, 0) is 16.6 Å². The summed E-state index contributed by atoms with van der Waals surface area (Å²) in [6.45, 7) is 3.59. The Labute approximate surface area is 113 Å². The highest BCUT2D eigenvalue weighted by Gasteiger charge is 2.35. The maximum atomic E-state index is 12.8. The summed E-state index contributed by atoms with van der Waals surface area (Å²) < 4.78 is 27.1. The Bertz CT molecular complexity index is 532. The van der Waals surface area contributed by atoms with E-state index in [9.17, 15) is 13.5 Å². The first-order chi connectivity index (χ1) is 9.02. The summed E-state index contributed by atoms with van der Waals surface area (Å²) in [7, 11) is -3.59. The van der Waals surface area contributed by atoms with Crippen molar-refractivity contribution < 1.29 is 13.5 Å². The number of aromatic amines is 1. The van der Waals surface area contributed by atoms with E-state index in [1.54, 1.807) is 11.2 Å². The molecule has 1 saturated carbocycles. The molecule has 0 unspecified atom stereocenters. The van der Waals surface area contributed by atoms with Gasteiger partial charge in [-0.25, -0.2) is 8.42 Å². The highest BCUT2D eigenvalue weighted by molar-refractivity contribution is 7.89. The molecule has 0 spiro atoms. The van der Waals surface area contributed by atoms with Crippen LogP contribution in [0.2, 0.25) is 0 Å². The van der Waals surface area contributed by atoms with Crippen LogP contribution in [0.5, 0.6) is 0 Å². The summed E-state index contributed by atoms with van der Waals surface area (Å²) in [5.74, 6) is 0. The normalized spacial score (nSPS) is 17.5. The first-order valence-electron chi connectivity index (χ1n) is 6.69. The van der Waals surface area contributed by atoms with Gasteiger partial charge >= 0.3 is 0 Å². The number of aryl methyl sites for hydroxylation is 1. The number of nitrogens with one attached hydrogen (secondary N) is 1. The molecular formula is C12H21N3O3S. The second kappa shape index (κ2) is 5.60. The number of rotatable bonds is 5. The van der Waals surface area contributed by atoms with Gasteiger partial charge < -0.3 is 5.11 Å². The van der Waals surface area contributed by atoms with Crippen molar-refractivity contribution in [3.05, 3.63) is 11.4 Å². The van der Waals surface area contributed by atoms with Gasteiger partial charge in [0.25, 0.3) is 0 Å². The molecule has 0 bridgehead atoms. The van der Waals surface area contributed by atoms with Crippen LogP contribution in [-0.4, -0.2) is 40.6 Å². The molecule has 1 aliphatic rings. The quantitative estimate of drug-likeness (QED) is 0.851. The Morgan fingerprint density at radius 2 is 2.05 bits per heavy atom. The van der Waals surface area contributed by atoms with Gasteiger partial charge in [-0.1, -0.05) is 19.8 Å². The molecule has 0 atom stereocenters. The third-order valence-corrected chi connectivity index (χ3v) is 5.95. The highest BCUT2D eigenvalue weighted by atomic mass is 32.2. The summed E-state index contributed by atoms with van der Waals surface area (Å²) in [5, 5.41) is 15.8. The van der Waals surface area contributed by atoms with Gasteiger partial charge in [-0.2, -0.15) is 9.40 Å². The van der Waals surface area contributed by atoms with E-state index in [1.165, 1.54) is 0 Å². The summed E-state index contributed by atoms with van der Waals surface area (Å²) in [5.41, 5.74) is 0.689. The summed E-state index contributed by atoms with van der Waals surface area (Å²) in [4.78, 5) is 0.142. The van der Waals surface area contributed by atoms with Crippen LogP contribution in [0, 0.1) is 6.92 Å². The first kappa shape index (κ1) is 14.5. The summed E-state index contributed by atoms with van der Waals surface area (Å²) in [6.07, 6.45) is 3.98. The van der Waals surface area contributed by atoms with E-state index in [0.717, 1.165) is 25.7 Å². The molecule has 19 heavy (non-hydrogen) atoms. The van der Waals surface area contributed by atoms with E-state index in [2.05, 4.69) is 10.2 Å². The molecule has 2 rings (SSSR count).